The van der Waals surface area contributed by atoms with Crippen LogP contribution in [-0.4, -0.2) is 36.7 Å². The number of carbonyl (C=O) groups excluding carboxylic acids is 2. The van der Waals surface area contributed by atoms with Crippen LogP contribution in [0.5, 0.6) is 11.5 Å². The molecule has 3 N–H and O–H groups in total. The smallest absolute Gasteiger partial charge is 0.313 e. The topological polar surface area (TPSA) is 96.9 Å². The van der Waals surface area contributed by atoms with Crippen LogP contribution in [0.2, 0.25) is 0 Å². The first-order chi connectivity index (χ1) is 13.0. The van der Waals surface area contributed by atoms with Crippen molar-refractivity contribution in [2.75, 3.05) is 25.1 Å². The lowest BCUT2D eigenvalue weighted by Gasteiger charge is -2.34. The minimum Gasteiger partial charge on any atom is -0.494 e. The van der Waals surface area contributed by atoms with Crippen molar-refractivity contribution in [1.82, 2.24) is 5.32 Å². The zero-order valence-corrected chi connectivity index (χ0v) is 15.0. The Labute approximate surface area is 157 Å². The molecule has 0 aromatic heterocycles. The second-order valence-corrected chi connectivity index (χ2v) is 6.22. The predicted octanol–water partition coefficient (Wildman–Crippen LogP) is 1.81. The van der Waals surface area contributed by atoms with Gasteiger partial charge in [0.15, 0.2) is 0 Å². The summed E-state index contributed by atoms with van der Waals surface area (Å²) in [7, 11) is 0. The Morgan fingerprint density at radius 1 is 1.15 bits per heavy atom. The maximum atomic E-state index is 12.1. The van der Waals surface area contributed by atoms with Gasteiger partial charge in [0.25, 0.3) is 0 Å². The van der Waals surface area contributed by atoms with Crippen molar-refractivity contribution in [1.29, 1.82) is 0 Å². The molecule has 1 aliphatic heterocycles. The van der Waals surface area contributed by atoms with Crippen molar-refractivity contribution in [3.05, 3.63) is 54.1 Å². The standard InChI is InChI=1S/C20H22N2O5/c1-2-26-15-9-7-14(8-10-15)22-19(24)18(23)21-13-20(25)11-12-27-17-6-4-3-5-16(17)20/h3-10,25H,2,11-13H2,1H3,(H,21,23)(H,22,24). The number of carbonyl (C=O) groups is 2. The van der Waals surface area contributed by atoms with E-state index in [4.69, 9.17) is 9.47 Å². The monoisotopic (exact) mass is 370 g/mol. The van der Waals surface area contributed by atoms with Gasteiger partial charge in [-0.15, -0.1) is 0 Å². The summed E-state index contributed by atoms with van der Waals surface area (Å²) in [6.07, 6.45) is 0.324. The Hall–Kier alpha value is -3.06. The lowest BCUT2D eigenvalue weighted by atomic mass is 9.88. The summed E-state index contributed by atoms with van der Waals surface area (Å²) in [4.78, 5) is 24.2. The second kappa shape index (κ2) is 8.09. The van der Waals surface area contributed by atoms with Crippen molar-refractivity contribution >= 4 is 17.5 Å². The fraction of sp³-hybridized carbons (Fsp3) is 0.300. The highest BCUT2D eigenvalue weighted by Gasteiger charge is 2.36. The molecule has 0 saturated heterocycles. The summed E-state index contributed by atoms with van der Waals surface area (Å²) in [6.45, 7) is 2.68. The second-order valence-electron chi connectivity index (χ2n) is 6.22. The number of anilines is 1. The van der Waals surface area contributed by atoms with Gasteiger partial charge in [0.1, 0.15) is 17.1 Å². The SMILES string of the molecule is CCOc1ccc(NC(=O)C(=O)NCC2(O)CCOc3ccccc32)cc1. The molecular formula is C20H22N2O5. The maximum absolute atomic E-state index is 12.1. The third-order valence-electron chi connectivity index (χ3n) is 4.33. The Kier molecular flexibility index (Phi) is 5.61. The summed E-state index contributed by atoms with van der Waals surface area (Å²) < 4.78 is 10.8. The van der Waals surface area contributed by atoms with E-state index in [9.17, 15) is 14.7 Å². The summed E-state index contributed by atoms with van der Waals surface area (Å²) in [6, 6.07) is 13.8. The molecule has 0 saturated carbocycles. The Morgan fingerprint density at radius 2 is 1.89 bits per heavy atom. The van der Waals surface area contributed by atoms with E-state index in [1.54, 1.807) is 42.5 Å². The summed E-state index contributed by atoms with van der Waals surface area (Å²) in [5.74, 6) is -0.357. The van der Waals surface area contributed by atoms with Crippen molar-refractivity contribution in [2.24, 2.45) is 0 Å². The summed E-state index contributed by atoms with van der Waals surface area (Å²) in [5.41, 5.74) is -0.193. The fourth-order valence-electron chi connectivity index (χ4n) is 2.92. The van der Waals surface area contributed by atoms with Crippen LogP contribution in [0.25, 0.3) is 0 Å². The van der Waals surface area contributed by atoms with E-state index >= 15 is 0 Å². The quantitative estimate of drug-likeness (QED) is 0.698. The number of hydrogen-bond acceptors (Lipinski definition) is 5. The number of rotatable bonds is 5. The molecule has 1 unspecified atom stereocenters. The molecule has 142 valence electrons. The first-order valence-electron chi connectivity index (χ1n) is 8.78. The van der Waals surface area contributed by atoms with Gasteiger partial charge in [-0.05, 0) is 37.3 Å². The van der Waals surface area contributed by atoms with Gasteiger partial charge in [0.2, 0.25) is 0 Å². The van der Waals surface area contributed by atoms with Gasteiger partial charge >= 0.3 is 11.8 Å². The van der Waals surface area contributed by atoms with Gasteiger partial charge in [0, 0.05) is 17.7 Å². The first kappa shape index (κ1) is 18.7. The number of aliphatic hydroxyl groups is 1. The number of ether oxygens (including phenoxy) is 2. The molecule has 1 atom stereocenters. The lowest BCUT2D eigenvalue weighted by Crippen LogP contribution is -2.46. The zero-order valence-electron chi connectivity index (χ0n) is 15.0. The molecule has 0 spiro atoms. The first-order valence-corrected chi connectivity index (χ1v) is 8.78. The number of hydrogen-bond donors (Lipinski definition) is 3. The third kappa shape index (κ3) is 4.38. The van der Waals surface area contributed by atoms with Gasteiger partial charge in [-0.3, -0.25) is 9.59 Å². The number of fused-ring (bicyclic) bond motifs is 1. The molecule has 2 amide bonds. The fourth-order valence-corrected chi connectivity index (χ4v) is 2.92. The van der Waals surface area contributed by atoms with Gasteiger partial charge < -0.3 is 25.2 Å². The molecule has 27 heavy (non-hydrogen) atoms. The molecule has 1 aliphatic rings. The molecule has 2 aromatic rings. The van der Waals surface area contributed by atoms with Gasteiger partial charge in [-0.25, -0.2) is 0 Å². The van der Waals surface area contributed by atoms with E-state index < -0.39 is 17.4 Å². The average Bonchev–Trinajstić information content (AvgIpc) is 2.68. The van der Waals surface area contributed by atoms with E-state index in [0.29, 0.717) is 42.4 Å². The van der Waals surface area contributed by atoms with Crippen LogP contribution in [0.15, 0.2) is 48.5 Å². The normalized spacial score (nSPS) is 18.0. The molecule has 7 nitrogen and oxygen atoms in total. The molecular weight excluding hydrogens is 348 g/mol. The van der Waals surface area contributed by atoms with E-state index in [1.165, 1.54) is 0 Å². The predicted molar refractivity (Wildman–Crippen MR) is 99.7 cm³/mol. The van der Waals surface area contributed by atoms with E-state index in [1.807, 2.05) is 13.0 Å². The summed E-state index contributed by atoms with van der Waals surface area (Å²) in [5, 5.41) is 15.9. The molecule has 0 aliphatic carbocycles. The minimum absolute atomic E-state index is 0.0805. The molecule has 0 radical (unpaired) electrons. The van der Waals surface area contributed by atoms with Crippen molar-refractivity contribution < 1.29 is 24.2 Å². The highest BCUT2D eigenvalue weighted by atomic mass is 16.5. The Balaban J connectivity index is 1.58. The Morgan fingerprint density at radius 3 is 2.63 bits per heavy atom. The van der Waals surface area contributed by atoms with Gasteiger partial charge in [0.05, 0.1) is 19.8 Å². The highest BCUT2D eigenvalue weighted by molar-refractivity contribution is 6.39. The van der Waals surface area contributed by atoms with Crippen LogP contribution in [-0.2, 0) is 15.2 Å². The number of benzene rings is 2. The van der Waals surface area contributed by atoms with Crippen molar-refractivity contribution in [2.45, 2.75) is 18.9 Å². The van der Waals surface area contributed by atoms with Crippen LogP contribution in [0.1, 0.15) is 18.9 Å². The highest BCUT2D eigenvalue weighted by Crippen LogP contribution is 2.36. The molecule has 0 fully saturated rings. The van der Waals surface area contributed by atoms with Crippen LogP contribution in [0.4, 0.5) is 5.69 Å². The molecule has 0 bridgehead atoms. The van der Waals surface area contributed by atoms with Crippen molar-refractivity contribution in [3.63, 3.8) is 0 Å². The largest absolute Gasteiger partial charge is 0.494 e. The van der Waals surface area contributed by atoms with E-state index in [2.05, 4.69) is 10.6 Å². The average molecular weight is 370 g/mol. The number of nitrogens with one attached hydrogen (secondary N) is 2. The lowest BCUT2D eigenvalue weighted by molar-refractivity contribution is -0.137. The zero-order chi connectivity index (χ0) is 19.3. The number of amides is 2. The van der Waals surface area contributed by atoms with E-state index in [-0.39, 0.29) is 6.54 Å². The van der Waals surface area contributed by atoms with Crippen LogP contribution in [0, 0.1) is 0 Å². The Bertz CT molecular complexity index is 821. The van der Waals surface area contributed by atoms with Crippen molar-refractivity contribution in [3.8, 4) is 11.5 Å². The summed E-state index contributed by atoms with van der Waals surface area (Å²) >= 11 is 0. The van der Waals surface area contributed by atoms with E-state index in [0.717, 1.165) is 0 Å². The number of para-hydroxylation sites is 1. The molecule has 3 rings (SSSR count). The molecule has 7 heteroatoms. The van der Waals surface area contributed by atoms with Crippen LogP contribution < -0.4 is 20.1 Å². The van der Waals surface area contributed by atoms with Gasteiger partial charge in [-0.2, -0.15) is 0 Å². The van der Waals surface area contributed by atoms with Gasteiger partial charge in [-0.1, -0.05) is 18.2 Å². The third-order valence-corrected chi connectivity index (χ3v) is 4.33. The molecule has 2 aromatic carbocycles. The molecule has 1 heterocycles. The maximum Gasteiger partial charge on any atom is 0.313 e. The van der Waals surface area contributed by atoms with Crippen LogP contribution >= 0.6 is 0 Å². The van der Waals surface area contributed by atoms with Crippen LogP contribution in [0.3, 0.4) is 0 Å². The minimum atomic E-state index is -1.27.